The molecule has 1 unspecified atom stereocenters. The summed E-state index contributed by atoms with van der Waals surface area (Å²) >= 11 is 0. The Kier molecular flexibility index (Phi) is 3.70. The van der Waals surface area contributed by atoms with E-state index in [4.69, 9.17) is 4.74 Å². The second-order valence-corrected chi connectivity index (χ2v) is 6.04. The van der Waals surface area contributed by atoms with Crippen LogP contribution < -0.4 is 10.1 Å². The normalized spacial score (nSPS) is 19.1. The van der Waals surface area contributed by atoms with Crippen molar-refractivity contribution in [3.63, 3.8) is 0 Å². The molecule has 0 saturated heterocycles. The van der Waals surface area contributed by atoms with Crippen molar-refractivity contribution in [2.45, 2.75) is 38.6 Å². The second-order valence-electron chi connectivity index (χ2n) is 6.04. The average molecular weight is 283 g/mol. The maximum Gasteiger partial charge on any atom is 0.125 e. The first kappa shape index (κ1) is 14.1. The summed E-state index contributed by atoms with van der Waals surface area (Å²) in [6.07, 6.45) is 0. The van der Waals surface area contributed by atoms with Crippen molar-refractivity contribution in [2.75, 3.05) is 0 Å². The van der Waals surface area contributed by atoms with E-state index in [9.17, 15) is 5.11 Å². The van der Waals surface area contributed by atoms with Gasteiger partial charge in [-0.25, -0.2) is 0 Å². The maximum atomic E-state index is 9.21. The molecule has 1 aliphatic rings. The summed E-state index contributed by atoms with van der Waals surface area (Å²) in [7, 11) is 0. The van der Waals surface area contributed by atoms with Gasteiger partial charge in [0, 0.05) is 12.1 Å². The Morgan fingerprint density at radius 3 is 2.67 bits per heavy atom. The third kappa shape index (κ3) is 2.80. The molecule has 0 aromatic heterocycles. The fraction of sp³-hybridized carbons (Fsp3) is 0.333. The SMILES string of the molecule is CC1(C)Oc2ccccc2C1NCc1cccc(CO)c1. The summed E-state index contributed by atoms with van der Waals surface area (Å²) in [6, 6.07) is 16.4. The minimum atomic E-state index is -0.266. The molecule has 3 nitrogen and oxygen atoms in total. The zero-order valence-electron chi connectivity index (χ0n) is 12.5. The quantitative estimate of drug-likeness (QED) is 0.905. The molecule has 1 atom stereocenters. The highest BCUT2D eigenvalue weighted by atomic mass is 16.5. The first-order valence-corrected chi connectivity index (χ1v) is 7.30. The molecule has 1 aliphatic heterocycles. The van der Waals surface area contributed by atoms with E-state index in [1.807, 2.05) is 36.4 Å². The summed E-state index contributed by atoms with van der Waals surface area (Å²) < 4.78 is 6.04. The molecule has 0 spiro atoms. The van der Waals surface area contributed by atoms with Gasteiger partial charge in [0.25, 0.3) is 0 Å². The highest BCUT2D eigenvalue weighted by molar-refractivity contribution is 5.42. The van der Waals surface area contributed by atoms with Gasteiger partial charge in [-0.05, 0) is 31.0 Å². The van der Waals surface area contributed by atoms with Crippen LogP contribution in [0.3, 0.4) is 0 Å². The maximum absolute atomic E-state index is 9.21. The van der Waals surface area contributed by atoms with E-state index in [0.717, 1.165) is 17.9 Å². The van der Waals surface area contributed by atoms with Crippen LogP contribution in [0.5, 0.6) is 5.75 Å². The highest BCUT2D eigenvalue weighted by Crippen LogP contribution is 2.42. The van der Waals surface area contributed by atoms with Gasteiger partial charge in [-0.1, -0.05) is 42.5 Å². The van der Waals surface area contributed by atoms with E-state index in [-0.39, 0.29) is 18.2 Å². The monoisotopic (exact) mass is 283 g/mol. The number of ether oxygens (including phenoxy) is 1. The molecule has 21 heavy (non-hydrogen) atoms. The van der Waals surface area contributed by atoms with E-state index in [0.29, 0.717) is 0 Å². The van der Waals surface area contributed by atoms with Crippen LogP contribution in [-0.4, -0.2) is 10.7 Å². The highest BCUT2D eigenvalue weighted by Gasteiger charge is 2.40. The number of para-hydroxylation sites is 1. The second kappa shape index (κ2) is 5.51. The van der Waals surface area contributed by atoms with Gasteiger partial charge in [0.15, 0.2) is 0 Å². The molecule has 0 bridgehead atoms. The van der Waals surface area contributed by atoms with Gasteiger partial charge < -0.3 is 15.2 Å². The van der Waals surface area contributed by atoms with Crippen molar-refractivity contribution in [1.82, 2.24) is 5.32 Å². The predicted molar refractivity (Wildman–Crippen MR) is 83.1 cm³/mol. The molecule has 0 aliphatic carbocycles. The van der Waals surface area contributed by atoms with Gasteiger partial charge >= 0.3 is 0 Å². The van der Waals surface area contributed by atoms with Crippen molar-refractivity contribution in [2.24, 2.45) is 0 Å². The van der Waals surface area contributed by atoms with Crippen LogP contribution in [-0.2, 0) is 13.2 Å². The largest absolute Gasteiger partial charge is 0.486 e. The van der Waals surface area contributed by atoms with Gasteiger partial charge in [-0.15, -0.1) is 0 Å². The lowest BCUT2D eigenvalue weighted by Gasteiger charge is -2.27. The lowest BCUT2D eigenvalue weighted by molar-refractivity contribution is 0.0958. The first-order chi connectivity index (χ1) is 10.1. The van der Waals surface area contributed by atoms with Gasteiger partial charge in [0.05, 0.1) is 12.6 Å². The Morgan fingerprint density at radius 1 is 1.10 bits per heavy atom. The Hall–Kier alpha value is -1.84. The molecule has 2 aromatic carbocycles. The Morgan fingerprint density at radius 2 is 1.86 bits per heavy atom. The van der Waals surface area contributed by atoms with Crippen molar-refractivity contribution < 1.29 is 9.84 Å². The van der Waals surface area contributed by atoms with Crippen molar-refractivity contribution in [3.8, 4) is 5.75 Å². The first-order valence-electron chi connectivity index (χ1n) is 7.30. The van der Waals surface area contributed by atoms with E-state index in [1.54, 1.807) is 0 Å². The van der Waals surface area contributed by atoms with E-state index in [2.05, 4.69) is 31.3 Å². The molecular formula is C18H21NO2. The smallest absolute Gasteiger partial charge is 0.125 e. The number of hydrogen-bond donors (Lipinski definition) is 2. The van der Waals surface area contributed by atoms with Crippen molar-refractivity contribution in [1.29, 1.82) is 0 Å². The molecule has 0 amide bonds. The van der Waals surface area contributed by atoms with Crippen molar-refractivity contribution >= 4 is 0 Å². The summed E-state index contributed by atoms with van der Waals surface area (Å²) in [5, 5.41) is 12.8. The number of benzene rings is 2. The van der Waals surface area contributed by atoms with Gasteiger partial charge in [0.2, 0.25) is 0 Å². The molecule has 1 heterocycles. The lowest BCUT2D eigenvalue weighted by Crippen LogP contribution is -2.38. The molecule has 2 N–H and O–H groups in total. The summed E-state index contributed by atoms with van der Waals surface area (Å²) in [4.78, 5) is 0. The lowest BCUT2D eigenvalue weighted by atomic mass is 9.94. The van der Waals surface area contributed by atoms with Crippen LogP contribution in [0.15, 0.2) is 48.5 Å². The fourth-order valence-corrected chi connectivity index (χ4v) is 2.94. The molecule has 0 fully saturated rings. The standard InChI is InChI=1S/C18H21NO2/c1-18(2)17(15-8-3-4-9-16(15)21-18)19-11-13-6-5-7-14(10-13)12-20/h3-10,17,19-20H,11-12H2,1-2H3. The van der Waals surface area contributed by atoms with Crippen LogP contribution in [0.4, 0.5) is 0 Å². The van der Waals surface area contributed by atoms with Crippen LogP contribution >= 0.6 is 0 Å². The van der Waals surface area contributed by atoms with Crippen molar-refractivity contribution in [3.05, 3.63) is 65.2 Å². The molecule has 3 heteroatoms. The Balaban J connectivity index is 1.77. The molecule has 3 rings (SSSR count). The predicted octanol–water partition coefficient (Wildman–Crippen LogP) is 3.18. The fourth-order valence-electron chi connectivity index (χ4n) is 2.94. The summed E-state index contributed by atoms with van der Waals surface area (Å²) in [6.45, 7) is 5.04. The average Bonchev–Trinajstić information content (AvgIpc) is 2.75. The Bertz CT molecular complexity index is 637. The number of rotatable bonds is 4. The van der Waals surface area contributed by atoms with Crippen LogP contribution in [0, 0.1) is 0 Å². The molecule has 0 radical (unpaired) electrons. The van der Waals surface area contributed by atoms with Crippen LogP contribution in [0.1, 0.15) is 36.6 Å². The zero-order chi connectivity index (χ0) is 14.9. The van der Waals surface area contributed by atoms with E-state index >= 15 is 0 Å². The molecule has 0 saturated carbocycles. The van der Waals surface area contributed by atoms with Crippen LogP contribution in [0.2, 0.25) is 0 Å². The minimum Gasteiger partial charge on any atom is -0.486 e. The zero-order valence-corrected chi connectivity index (χ0v) is 12.5. The summed E-state index contributed by atoms with van der Waals surface area (Å²) in [5.41, 5.74) is 3.05. The van der Waals surface area contributed by atoms with Gasteiger partial charge in [-0.2, -0.15) is 0 Å². The Labute approximate surface area is 125 Å². The topological polar surface area (TPSA) is 41.5 Å². The number of aliphatic hydroxyl groups is 1. The van der Waals surface area contributed by atoms with Gasteiger partial charge in [0.1, 0.15) is 11.4 Å². The van der Waals surface area contributed by atoms with Gasteiger partial charge in [-0.3, -0.25) is 0 Å². The van der Waals surface area contributed by atoms with E-state index in [1.165, 1.54) is 11.1 Å². The third-order valence-electron chi connectivity index (χ3n) is 3.98. The van der Waals surface area contributed by atoms with Crippen LogP contribution in [0.25, 0.3) is 0 Å². The molecule has 2 aromatic rings. The third-order valence-corrected chi connectivity index (χ3v) is 3.98. The summed E-state index contributed by atoms with van der Waals surface area (Å²) in [5.74, 6) is 0.962. The number of hydrogen-bond acceptors (Lipinski definition) is 3. The number of fused-ring (bicyclic) bond motifs is 1. The molecular weight excluding hydrogens is 262 g/mol. The molecule has 110 valence electrons. The number of aliphatic hydroxyl groups excluding tert-OH is 1. The number of nitrogens with one attached hydrogen (secondary N) is 1. The van der Waals surface area contributed by atoms with E-state index < -0.39 is 0 Å². The minimum absolute atomic E-state index is 0.0781.